The molecule has 0 spiro atoms. The Morgan fingerprint density at radius 3 is 2.63 bits per heavy atom. The summed E-state index contributed by atoms with van der Waals surface area (Å²) >= 11 is 3.32. The number of halogens is 1. The van der Waals surface area contributed by atoms with Crippen LogP contribution in [0.15, 0.2) is 35.1 Å². The van der Waals surface area contributed by atoms with Gasteiger partial charge in [0.15, 0.2) is 0 Å². The molecule has 0 aliphatic carbocycles. The number of hydrogen-bond acceptors (Lipinski definition) is 3. The lowest BCUT2D eigenvalue weighted by Gasteiger charge is -2.09. The van der Waals surface area contributed by atoms with Crippen molar-refractivity contribution in [3.63, 3.8) is 0 Å². The van der Waals surface area contributed by atoms with E-state index in [1.54, 1.807) is 24.4 Å². The van der Waals surface area contributed by atoms with Crippen LogP contribution in [0, 0.1) is 13.8 Å². The predicted molar refractivity (Wildman–Crippen MR) is 80.2 cm³/mol. The number of carbonyl (C=O) groups excluding carboxylic acids is 1. The Balaban J connectivity index is 2.23. The minimum Gasteiger partial charge on any atom is -0.399 e. The van der Waals surface area contributed by atoms with Gasteiger partial charge in [-0.2, -0.15) is 0 Å². The van der Waals surface area contributed by atoms with Crippen LogP contribution in [0.2, 0.25) is 0 Å². The molecule has 2 rings (SSSR count). The molecule has 1 heterocycles. The molecule has 0 unspecified atom stereocenters. The van der Waals surface area contributed by atoms with E-state index in [9.17, 15) is 4.79 Å². The van der Waals surface area contributed by atoms with Gasteiger partial charge < -0.3 is 11.1 Å². The number of aryl methyl sites for hydroxylation is 2. The summed E-state index contributed by atoms with van der Waals surface area (Å²) in [5.41, 5.74) is 9.40. The number of nitrogens with two attached hydrogens (primary N) is 1. The molecule has 0 aliphatic heterocycles. The standard InChI is InChI=1S/C14H14BrN3O/c1-8-5-10(16)3-4-12(8)14(19)18-11-6-9(2)13(15)17-7-11/h3-7H,16H2,1-2H3,(H,18,19). The number of rotatable bonds is 2. The van der Waals surface area contributed by atoms with Crippen molar-refractivity contribution in [1.29, 1.82) is 0 Å². The lowest BCUT2D eigenvalue weighted by molar-refractivity contribution is 0.102. The van der Waals surface area contributed by atoms with Crippen molar-refractivity contribution in [2.45, 2.75) is 13.8 Å². The van der Waals surface area contributed by atoms with Gasteiger partial charge in [0.1, 0.15) is 4.60 Å². The number of nitrogen functional groups attached to an aromatic ring is 1. The van der Waals surface area contributed by atoms with E-state index in [-0.39, 0.29) is 5.91 Å². The van der Waals surface area contributed by atoms with Gasteiger partial charge in [-0.15, -0.1) is 0 Å². The van der Waals surface area contributed by atoms with Gasteiger partial charge in [-0.05, 0) is 65.2 Å². The topological polar surface area (TPSA) is 68.0 Å². The smallest absolute Gasteiger partial charge is 0.255 e. The highest BCUT2D eigenvalue weighted by molar-refractivity contribution is 9.10. The van der Waals surface area contributed by atoms with E-state index in [4.69, 9.17) is 5.73 Å². The minimum atomic E-state index is -0.166. The minimum absolute atomic E-state index is 0.166. The highest BCUT2D eigenvalue weighted by Gasteiger charge is 2.10. The van der Waals surface area contributed by atoms with E-state index in [0.29, 0.717) is 16.9 Å². The van der Waals surface area contributed by atoms with Gasteiger partial charge in [-0.3, -0.25) is 4.79 Å². The number of benzene rings is 1. The summed E-state index contributed by atoms with van der Waals surface area (Å²) in [5.74, 6) is -0.166. The number of pyridine rings is 1. The fraction of sp³-hybridized carbons (Fsp3) is 0.143. The van der Waals surface area contributed by atoms with Crippen LogP contribution in [0.4, 0.5) is 11.4 Å². The molecular weight excluding hydrogens is 306 g/mol. The molecule has 0 saturated heterocycles. The molecule has 0 atom stereocenters. The van der Waals surface area contributed by atoms with E-state index in [1.807, 2.05) is 19.9 Å². The summed E-state index contributed by atoms with van der Waals surface area (Å²) in [7, 11) is 0. The molecule has 0 saturated carbocycles. The molecule has 98 valence electrons. The molecule has 1 aromatic carbocycles. The van der Waals surface area contributed by atoms with Crippen LogP contribution in [0.3, 0.4) is 0 Å². The molecule has 5 heteroatoms. The van der Waals surface area contributed by atoms with E-state index in [2.05, 4.69) is 26.2 Å². The van der Waals surface area contributed by atoms with E-state index < -0.39 is 0 Å². The quantitative estimate of drug-likeness (QED) is 0.659. The van der Waals surface area contributed by atoms with Gasteiger partial charge in [0.2, 0.25) is 0 Å². The Hall–Kier alpha value is -1.88. The molecule has 1 amide bonds. The number of anilines is 2. The third-order valence-electron chi connectivity index (χ3n) is 2.77. The van der Waals surface area contributed by atoms with Crippen LogP contribution in [0.5, 0.6) is 0 Å². The Kier molecular flexibility index (Phi) is 3.85. The van der Waals surface area contributed by atoms with Crippen molar-refractivity contribution in [3.8, 4) is 0 Å². The van der Waals surface area contributed by atoms with Crippen molar-refractivity contribution >= 4 is 33.2 Å². The summed E-state index contributed by atoms with van der Waals surface area (Å²) in [6.07, 6.45) is 1.61. The maximum atomic E-state index is 12.2. The Bertz CT molecular complexity index is 641. The van der Waals surface area contributed by atoms with Crippen molar-refractivity contribution in [1.82, 2.24) is 4.98 Å². The molecule has 0 fully saturated rings. The largest absolute Gasteiger partial charge is 0.399 e. The highest BCUT2D eigenvalue weighted by Crippen LogP contribution is 2.18. The summed E-state index contributed by atoms with van der Waals surface area (Å²) in [5, 5.41) is 2.82. The van der Waals surface area contributed by atoms with Crippen LogP contribution >= 0.6 is 15.9 Å². The summed E-state index contributed by atoms with van der Waals surface area (Å²) in [6, 6.07) is 7.08. The molecule has 19 heavy (non-hydrogen) atoms. The first kappa shape index (κ1) is 13.5. The summed E-state index contributed by atoms with van der Waals surface area (Å²) < 4.78 is 0.772. The van der Waals surface area contributed by atoms with Crippen LogP contribution in [-0.2, 0) is 0 Å². The number of carbonyl (C=O) groups is 1. The van der Waals surface area contributed by atoms with Crippen LogP contribution < -0.4 is 11.1 Å². The normalized spacial score (nSPS) is 10.3. The maximum Gasteiger partial charge on any atom is 0.255 e. The second kappa shape index (κ2) is 5.40. The van der Waals surface area contributed by atoms with Crippen molar-refractivity contribution in [2.75, 3.05) is 11.1 Å². The first-order chi connectivity index (χ1) is 8.97. The zero-order valence-electron chi connectivity index (χ0n) is 10.7. The van der Waals surface area contributed by atoms with Gasteiger partial charge in [0, 0.05) is 11.3 Å². The lowest BCUT2D eigenvalue weighted by Crippen LogP contribution is -2.13. The average Bonchev–Trinajstić information content (AvgIpc) is 2.33. The van der Waals surface area contributed by atoms with E-state index in [0.717, 1.165) is 15.7 Å². The molecule has 0 bridgehead atoms. The van der Waals surface area contributed by atoms with Gasteiger partial charge in [0.05, 0.1) is 11.9 Å². The molecule has 1 aromatic heterocycles. The first-order valence-electron chi connectivity index (χ1n) is 5.77. The molecule has 3 N–H and O–H groups in total. The molecule has 2 aromatic rings. The number of hydrogen-bond donors (Lipinski definition) is 2. The van der Waals surface area contributed by atoms with E-state index in [1.165, 1.54) is 0 Å². The molecule has 4 nitrogen and oxygen atoms in total. The molecule has 0 radical (unpaired) electrons. The number of aromatic nitrogens is 1. The second-order valence-electron chi connectivity index (χ2n) is 4.36. The first-order valence-corrected chi connectivity index (χ1v) is 6.56. The Morgan fingerprint density at radius 2 is 2.00 bits per heavy atom. The third-order valence-corrected chi connectivity index (χ3v) is 3.60. The van der Waals surface area contributed by atoms with Crippen LogP contribution in [0.25, 0.3) is 0 Å². The van der Waals surface area contributed by atoms with Gasteiger partial charge >= 0.3 is 0 Å². The monoisotopic (exact) mass is 319 g/mol. The fourth-order valence-electron chi connectivity index (χ4n) is 1.77. The lowest BCUT2D eigenvalue weighted by atomic mass is 10.1. The number of amides is 1. The predicted octanol–water partition coefficient (Wildman–Crippen LogP) is 3.30. The molecule has 0 aliphatic rings. The third kappa shape index (κ3) is 3.12. The number of nitrogens with zero attached hydrogens (tertiary/aromatic N) is 1. The Morgan fingerprint density at radius 1 is 1.26 bits per heavy atom. The second-order valence-corrected chi connectivity index (χ2v) is 5.11. The zero-order valence-corrected chi connectivity index (χ0v) is 12.3. The molecular formula is C14H14BrN3O. The summed E-state index contributed by atoms with van der Waals surface area (Å²) in [4.78, 5) is 16.3. The number of nitrogens with one attached hydrogen (secondary N) is 1. The average molecular weight is 320 g/mol. The van der Waals surface area contributed by atoms with Crippen LogP contribution in [-0.4, -0.2) is 10.9 Å². The van der Waals surface area contributed by atoms with Crippen molar-refractivity contribution in [3.05, 3.63) is 51.8 Å². The van der Waals surface area contributed by atoms with E-state index >= 15 is 0 Å². The highest BCUT2D eigenvalue weighted by atomic mass is 79.9. The summed E-state index contributed by atoms with van der Waals surface area (Å²) in [6.45, 7) is 3.78. The van der Waals surface area contributed by atoms with Gasteiger partial charge in [-0.1, -0.05) is 0 Å². The zero-order chi connectivity index (χ0) is 14.0. The Labute approximate surface area is 120 Å². The van der Waals surface area contributed by atoms with Gasteiger partial charge in [0.25, 0.3) is 5.91 Å². The van der Waals surface area contributed by atoms with Crippen molar-refractivity contribution < 1.29 is 4.79 Å². The van der Waals surface area contributed by atoms with Crippen LogP contribution in [0.1, 0.15) is 21.5 Å². The SMILES string of the molecule is Cc1cc(N)ccc1C(=O)Nc1cnc(Br)c(C)c1. The van der Waals surface area contributed by atoms with Crippen molar-refractivity contribution in [2.24, 2.45) is 0 Å². The van der Waals surface area contributed by atoms with Gasteiger partial charge in [-0.25, -0.2) is 4.98 Å². The maximum absolute atomic E-state index is 12.2. The fourth-order valence-corrected chi connectivity index (χ4v) is 1.98.